The second-order valence-electron chi connectivity index (χ2n) is 4.13. The quantitative estimate of drug-likeness (QED) is 0.791. The summed E-state index contributed by atoms with van der Waals surface area (Å²) in [6.07, 6.45) is 0. The van der Waals surface area contributed by atoms with Gasteiger partial charge in [0.05, 0.1) is 8.22 Å². The fraction of sp³-hybridized carbons (Fsp3) is 0.143. The Morgan fingerprint density at radius 2 is 1.53 bits per heavy atom. The van der Waals surface area contributed by atoms with Crippen molar-refractivity contribution in [2.45, 2.75) is 6.04 Å². The maximum Gasteiger partial charge on any atom is 0.0674 e. The van der Waals surface area contributed by atoms with Crippen LogP contribution in [0.25, 0.3) is 0 Å². The highest BCUT2D eigenvalue weighted by molar-refractivity contribution is 7.62. The Hall–Kier alpha value is -1.21. The molecule has 1 saturated heterocycles. The first-order valence-corrected chi connectivity index (χ1v) is 7.17. The topological polar surface area (TPSA) is 24.1 Å². The average Bonchev–Trinajstić information content (AvgIpc) is 2.90. The highest BCUT2D eigenvalue weighted by atomic mass is 31.1. The van der Waals surface area contributed by atoms with Crippen molar-refractivity contribution < 1.29 is 0 Å². The fourth-order valence-electron chi connectivity index (χ4n) is 2.05. The zero-order chi connectivity index (χ0) is 11.5. The predicted molar refractivity (Wildman–Crippen MR) is 73.3 cm³/mol. The van der Waals surface area contributed by atoms with E-state index < -0.39 is 8.22 Å². The van der Waals surface area contributed by atoms with Crippen molar-refractivity contribution >= 4 is 13.5 Å². The summed E-state index contributed by atoms with van der Waals surface area (Å²) in [4.78, 5) is 0. The zero-order valence-corrected chi connectivity index (χ0v) is 10.4. The molecule has 0 saturated carbocycles. The van der Waals surface area contributed by atoms with Crippen LogP contribution in [0.3, 0.4) is 0 Å². The monoisotopic (exact) mass is 242 g/mol. The Bertz CT molecular complexity index is 427. The normalized spacial score (nSPS) is 23.8. The van der Waals surface area contributed by atoms with Crippen LogP contribution in [0.1, 0.15) is 11.6 Å². The minimum Gasteiger partial charge on any atom is -0.278 e. The second kappa shape index (κ2) is 4.97. The fourth-order valence-corrected chi connectivity index (χ4v) is 3.86. The molecule has 0 bridgehead atoms. The molecule has 0 aromatic heterocycles. The minimum absolute atomic E-state index is 0.403. The smallest absolute Gasteiger partial charge is 0.0674 e. The maximum absolute atomic E-state index is 3.68. The van der Waals surface area contributed by atoms with Crippen LogP contribution < -0.4 is 15.5 Å². The molecule has 3 heteroatoms. The molecule has 0 radical (unpaired) electrons. The van der Waals surface area contributed by atoms with Gasteiger partial charge in [0.25, 0.3) is 0 Å². The molecule has 2 atom stereocenters. The molecule has 86 valence electrons. The molecule has 0 spiro atoms. The third kappa shape index (κ3) is 2.39. The van der Waals surface area contributed by atoms with E-state index in [2.05, 4.69) is 70.8 Å². The first-order chi connectivity index (χ1) is 8.43. The number of nitrogens with one attached hydrogen (secondary N) is 2. The van der Waals surface area contributed by atoms with Gasteiger partial charge in [0.15, 0.2) is 0 Å². The standard InChI is InChI=1S/C14H15N2P/c1-3-7-12(8-4-1)14-11-15-17(16-14)13-9-5-2-6-10-13/h1-10,14-16H,11H2. The molecule has 1 heterocycles. The molecular formula is C14H15N2P. The first-order valence-electron chi connectivity index (χ1n) is 5.83. The second-order valence-corrected chi connectivity index (χ2v) is 5.89. The van der Waals surface area contributed by atoms with Gasteiger partial charge in [0.1, 0.15) is 0 Å². The molecule has 1 aliphatic rings. The van der Waals surface area contributed by atoms with E-state index in [1.165, 1.54) is 10.9 Å². The van der Waals surface area contributed by atoms with Crippen molar-refractivity contribution in [2.24, 2.45) is 0 Å². The van der Waals surface area contributed by atoms with Crippen molar-refractivity contribution in [2.75, 3.05) is 6.54 Å². The highest BCUT2D eigenvalue weighted by Crippen LogP contribution is 2.35. The first kappa shape index (κ1) is 10.9. The van der Waals surface area contributed by atoms with Gasteiger partial charge in [-0.15, -0.1) is 0 Å². The molecule has 0 amide bonds. The van der Waals surface area contributed by atoms with E-state index in [1.807, 2.05) is 0 Å². The molecule has 2 N–H and O–H groups in total. The minimum atomic E-state index is -0.403. The molecule has 2 unspecified atom stereocenters. The zero-order valence-electron chi connectivity index (χ0n) is 9.51. The van der Waals surface area contributed by atoms with Crippen LogP contribution in [0, 0.1) is 0 Å². The van der Waals surface area contributed by atoms with Gasteiger partial charge in [-0.3, -0.25) is 10.2 Å². The van der Waals surface area contributed by atoms with Gasteiger partial charge in [0.2, 0.25) is 0 Å². The summed E-state index contributed by atoms with van der Waals surface area (Å²) in [7, 11) is -0.403. The molecule has 3 rings (SSSR count). The molecule has 2 nitrogen and oxygen atoms in total. The van der Waals surface area contributed by atoms with Crippen molar-refractivity contribution in [3.05, 3.63) is 66.2 Å². The van der Waals surface area contributed by atoms with Crippen LogP contribution in [0.4, 0.5) is 0 Å². The van der Waals surface area contributed by atoms with Gasteiger partial charge < -0.3 is 0 Å². The summed E-state index contributed by atoms with van der Waals surface area (Å²) in [6.45, 7) is 1.00. The largest absolute Gasteiger partial charge is 0.278 e. The average molecular weight is 242 g/mol. The Labute approximate surface area is 103 Å². The van der Waals surface area contributed by atoms with Crippen LogP contribution in [0.5, 0.6) is 0 Å². The molecule has 17 heavy (non-hydrogen) atoms. The Morgan fingerprint density at radius 3 is 2.24 bits per heavy atom. The number of hydrogen-bond donors (Lipinski definition) is 2. The van der Waals surface area contributed by atoms with Gasteiger partial charge >= 0.3 is 0 Å². The Balaban J connectivity index is 1.75. The molecule has 1 fully saturated rings. The van der Waals surface area contributed by atoms with Crippen molar-refractivity contribution in [3.8, 4) is 0 Å². The SMILES string of the molecule is c1ccc(C2CNP(c3ccccc3)N2)cc1. The lowest BCUT2D eigenvalue weighted by Crippen LogP contribution is -2.15. The number of hydrogen-bond acceptors (Lipinski definition) is 2. The lowest BCUT2D eigenvalue weighted by Gasteiger charge is -2.13. The predicted octanol–water partition coefficient (Wildman–Crippen LogP) is 2.56. The summed E-state index contributed by atoms with van der Waals surface area (Å²) in [5.74, 6) is 0. The van der Waals surface area contributed by atoms with E-state index in [4.69, 9.17) is 0 Å². The van der Waals surface area contributed by atoms with E-state index in [1.54, 1.807) is 0 Å². The molecule has 2 aromatic carbocycles. The third-order valence-corrected chi connectivity index (χ3v) is 4.84. The van der Waals surface area contributed by atoms with E-state index in [0.29, 0.717) is 6.04 Å². The van der Waals surface area contributed by atoms with Gasteiger partial charge in [-0.2, -0.15) is 0 Å². The van der Waals surface area contributed by atoms with Gasteiger partial charge in [-0.05, 0) is 5.56 Å². The molecular weight excluding hydrogens is 227 g/mol. The lowest BCUT2D eigenvalue weighted by atomic mass is 10.1. The Morgan fingerprint density at radius 1 is 0.882 bits per heavy atom. The van der Waals surface area contributed by atoms with Gasteiger partial charge in [0, 0.05) is 17.9 Å². The van der Waals surface area contributed by atoms with Crippen LogP contribution in [0.15, 0.2) is 60.7 Å². The van der Waals surface area contributed by atoms with Crippen LogP contribution >= 0.6 is 8.22 Å². The van der Waals surface area contributed by atoms with Crippen LogP contribution in [0.2, 0.25) is 0 Å². The third-order valence-electron chi connectivity index (χ3n) is 2.95. The van der Waals surface area contributed by atoms with Crippen molar-refractivity contribution in [3.63, 3.8) is 0 Å². The van der Waals surface area contributed by atoms with Crippen molar-refractivity contribution in [1.29, 1.82) is 0 Å². The van der Waals surface area contributed by atoms with Crippen LogP contribution in [-0.4, -0.2) is 6.54 Å². The molecule has 0 aliphatic carbocycles. The summed E-state index contributed by atoms with van der Waals surface area (Å²) in [5.41, 5.74) is 1.36. The van der Waals surface area contributed by atoms with Crippen molar-refractivity contribution in [1.82, 2.24) is 10.2 Å². The van der Waals surface area contributed by atoms with E-state index in [9.17, 15) is 0 Å². The van der Waals surface area contributed by atoms with E-state index in [0.717, 1.165) is 6.54 Å². The molecule has 2 aromatic rings. The number of rotatable bonds is 2. The van der Waals surface area contributed by atoms with E-state index >= 15 is 0 Å². The van der Waals surface area contributed by atoms with E-state index in [-0.39, 0.29) is 0 Å². The lowest BCUT2D eigenvalue weighted by molar-refractivity contribution is 0.709. The summed E-state index contributed by atoms with van der Waals surface area (Å²) in [6, 6.07) is 21.7. The summed E-state index contributed by atoms with van der Waals surface area (Å²) < 4.78 is 0. The van der Waals surface area contributed by atoms with Crippen LogP contribution in [-0.2, 0) is 0 Å². The maximum atomic E-state index is 3.68. The summed E-state index contributed by atoms with van der Waals surface area (Å²) in [5, 5.41) is 8.61. The highest BCUT2D eigenvalue weighted by Gasteiger charge is 2.24. The van der Waals surface area contributed by atoms with Gasteiger partial charge in [-0.25, -0.2) is 0 Å². The number of benzene rings is 2. The van der Waals surface area contributed by atoms with Gasteiger partial charge in [-0.1, -0.05) is 60.7 Å². The summed E-state index contributed by atoms with van der Waals surface area (Å²) >= 11 is 0. The molecule has 1 aliphatic heterocycles. The Kier molecular flexibility index (Phi) is 3.19.